The predicted octanol–water partition coefficient (Wildman–Crippen LogP) is 1.53. The molecule has 0 unspecified atom stereocenters. The molecular weight excluding hydrogens is 278 g/mol. The molecule has 106 valence electrons. The highest BCUT2D eigenvalue weighted by molar-refractivity contribution is 7.90. The highest BCUT2D eigenvalue weighted by Gasteiger charge is 2.24. The van der Waals surface area contributed by atoms with Gasteiger partial charge < -0.3 is 5.73 Å². The molecule has 8 heteroatoms. The standard InChI is InChI=1S/C12H15N5O2S/c1-5-6-8-7(2)16-17-10(13)9(14-3)12(15-11(8)17)20(4,18)19/h5-6,13H2,1-2,4H3. The molecule has 0 bridgehead atoms. The van der Waals surface area contributed by atoms with Crippen molar-refractivity contribution in [3.8, 4) is 0 Å². The summed E-state index contributed by atoms with van der Waals surface area (Å²) in [5.41, 5.74) is 7.73. The SMILES string of the molecule is [C-]#[N+]c1c(S(C)(=O)=O)nc2c(CCC)c(C)nn2c1N. The van der Waals surface area contributed by atoms with Crippen LogP contribution in [0.15, 0.2) is 5.03 Å². The predicted molar refractivity (Wildman–Crippen MR) is 75.5 cm³/mol. The van der Waals surface area contributed by atoms with Crippen molar-refractivity contribution in [1.29, 1.82) is 0 Å². The molecule has 0 radical (unpaired) electrons. The number of rotatable bonds is 3. The average molecular weight is 293 g/mol. The van der Waals surface area contributed by atoms with Crippen molar-refractivity contribution in [2.75, 3.05) is 12.0 Å². The van der Waals surface area contributed by atoms with Crippen molar-refractivity contribution in [1.82, 2.24) is 14.6 Å². The van der Waals surface area contributed by atoms with Crippen LogP contribution in [0, 0.1) is 13.5 Å². The summed E-state index contributed by atoms with van der Waals surface area (Å²) in [5, 5.41) is 3.97. The lowest BCUT2D eigenvalue weighted by Crippen LogP contribution is -2.08. The minimum Gasteiger partial charge on any atom is -0.392 e. The van der Waals surface area contributed by atoms with Crippen LogP contribution >= 0.6 is 0 Å². The molecule has 0 aliphatic heterocycles. The molecule has 0 atom stereocenters. The van der Waals surface area contributed by atoms with Gasteiger partial charge in [0.2, 0.25) is 0 Å². The van der Waals surface area contributed by atoms with Crippen LogP contribution in [0.5, 0.6) is 0 Å². The van der Waals surface area contributed by atoms with Crippen LogP contribution in [0.1, 0.15) is 24.6 Å². The van der Waals surface area contributed by atoms with Crippen molar-refractivity contribution < 1.29 is 8.42 Å². The first-order chi connectivity index (χ1) is 9.31. The summed E-state index contributed by atoms with van der Waals surface area (Å²) in [4.78, 5) is 7.33. The van der Waals surface area contributed by atoms with Crippen LogP contribution in [0.2, 0.25) is 0 Å². The van der Waals surface area contributed by atoms with Crippen LogP contribution in [0.4, 0.5) is 11.5 Å². The summed E-state index contributed by atoms with van der Waals surface area (Å²) in [7, 11) is -3.63. The van der Waals surface area contributed by atoms with Crippen LogP contribution < -0.4 is 5.73 Å². The molecule has 0 aromatic carbocycles. The summed E-state index contributed by atoms with van der Waals surface area (Å²) in [6, 6.07) is 0. The van der Waals surface area contributed by atoms with Crippen molar-refractivity contribution in [2.24, 2.45) is 0 Å². The molecule has 0 spiro atoms. The second-order valence-electron chi connectivity index (χ2n) is 4.58. The van der Waals surface area contributed by atoms with Gasteiger partial charge in [-0.2, -0.15) is 5.10 Å². The average Bonchev–Trinajstić information content (AvgIpc) is 2.66. The molecule has 20 heavy (non-hydrogen) atoms. The summed E-state index contributed by atoms with van der Waals surface area (Å²) >= 11 is 0. The molecule has 0 saturated heterocycles. The lowest BCUT2D eigenvalue weighted by atomic mass is 10.1. The topological polar surface area (TPSA) is 94.7 Å². The van der Waals surface area contributed by atoms with Crippen molar-refractivity contribution in [2.45, 2.75) is 31.7 Å². The summed E-state index contributed by atoms with van der Waals surface area (Å²) in [6.45, 7) is 10.9. The third-order valence-electron chi connectivity index (χ3n) is 3.00. The van der Waals surface area contributed by atoms with Crippen LogP contribution in [-0.2, 0) is 16.3 Å². The van der Waals surface area contributed by atoms with E-state index < -0.39 is 9.84 Å². The monoisotopic (exact) mass is 293 g/mol. The number of aromatic nitrogens is 3. The molecule has 2 heterocycles. The fraction of sp³-hybridized carbons (Fsp3) is 0.417. The fourth-order valence-corrected chi connectivity index (χ4v) is 2.85. The van der Waals surface area contributed by atoms with E-state index >= 15 is 0 Å². The van der Waals surface area contributed by atoms with Crippen molar-refractivity contribution in [3.63, 3.8) is 0 Å². The number of sulfone groups is 1. The number of hydrogen-bond acceptors (Lipinski definition) is 5. The van der Waals surface area contributed by atoms with Crippen LogP contribution in [0.3, 0.4) is 0 Å². The molecule has 2 N–H and O–H groups in total. The minimum atomic E-state index is -3.63. The maximum absolute atomic E-state index is 11.8. The number of fused-ring (bicyclic) bond motifs is 1. The van der Waals surface area contributed by atoms with E-state index in [0.29, 0.717) is 5.65 Å². The van der Waals surface area contributed by atoms with Crippen molar-refractivity contribution in [3.05, 3.63) is 22.7 Å². The maximum atomic E-state index is 11.8. The van der Waals surface area contributed by atoms with Gasteiger partial charge in [0.15, 0.2) is 20.5 Å². The van der Waals surface area contributed by atoms with Gasteiger partial charge in [-0.15, -0.1) is 0 Å². The van der Waals surface area contributed by atoms with Gasteiger partial charge in [0.25, 0.3) is 5.69 Å². The third-order valence-corrected chi connectivity index (χ3v) is 3.99. The van der Waals surface area contributed by atoms with Gasteiger partial charge in [-0.05, 0) is 13.3 Å². The van der Waals surface area contributed by atoms with E-state index in [4.69, 9.17) is 12.3 Å². The zero-order valence-corrected chi connectivity index (χ0v) is 12.3. The van der Waals surface area contributed by atoms with Gasteiger partial charge in [-0.3, -0.25) is 0 Å². The van der Waals surface area contributed by atoms with E-state index in [1.165, 1.54) is 4.52 Å². The molecule has 0 saturated carbocycles. The Labute approximate surface area is 117 Å². The van der Waals surface area contributed by atoms with Crippen LogP contribution in [0.25, 0.3) is 10.5 Å². The zero-order valence-electron chi connectivity index (χ0n) is 11.5. The number of nitrogen functional groups attached to an aromatic ring is 1. The van der Waals surface area contributed by atoms with E-state index in [0.717, 1.165) is 30.4 Å². The van der Waals surface area contributed by atoms with E-state index in [2.05, 4.69) is 14.9 Å². The molecule has 0 aliphatic carbocycles. The van der Waals surface area contributed by atoms with E-state index in [1.807, 2.05) is 13.8 Å². The first-order valence-electron chi connectivity index (χ1n) is 6.06. The van der Waals surface area contributed by atoms with Gasteiger partial charge >= 0.3 is 0 Å². The molecule has 0 aliphatic rings. The Bertz CT molecular complexity index is 830. The Hall–Kier alpha value is -2.14. The maximum Gasteiger partial charge on any atom is 0.264 e. The van der Waals surface area contributed by atoms with Gasteiger partial charge in [-0.25, -0.2) is 22.8 Å². The summed E-state index contributed by atoms with van der Waals surface area (Å²) in [5.74, 6) is 0.0101. The fourth-order valence-electron chi connectivity index (χ4n) is 2.10. The normalized spacial score (nSPS) is 11.7. The largest absolute Gasteiger partial charge is 0.392 e. The highest BCUT2D eigenvalue weighted by Crippen LogP contribution is 2.31. The quantitative estimate of drug-likeness (QED) is 0.684. The third kappa shape index (κ3) is 2.10. The van der Waals surface area contributed by atoms with E-state index in [-0.39, 0.29) is 16.5 Å². The Balaban J connectivity index is 2.97. The highest BCUT2D eigenvalue weighted by atomic mass is 32.2. The Kier molecular flexibility index (Phi) is 3.39. The van der Waals surface area contributed by atoms with Gasteiger partial charge in [-0.1, -0.05) is 13.3 Å². The number of nitrogens with two attached hydrogens (primary N) is 1. The van der Waals surface area contributed by atoms with Crippen molar-refractivity contribution >= 4 is 27.0 Å². The number of anilines is 1. The zero-order chi connectivity index (χ0) is 15.1. The van der Waals surface area contributed by atoms with E-state index in [9.17, 15) is 8.42 Å². The number of aryl methyl sites for hydroxylation is 2. The smallest absolute Gasteiger partial charge is 0.264 e. The number of hydrogen-bond donors (Lipinski definition) is 1. The summed E-state index contributed by atoms with van der Waals surface area (Å²) in [6.07, 6.45) is 2.62. The first kappa shape index (κ1) is 14.3. The van der Waals surface area contributed by atoms with E-state index in [1.54, 1.807) is 0 Å². The number of nitrogens with zero attached hydrogens (tertiary/aromatic N) is 4. The molecule has 0 amide bonds. The molecule has 7 nitrogen and oxygen atoms in total. The Morgan fingerprint density at radius 3 is 2.60 bits per heavy atom. The first-order valence-corrected chi connectivity index (χ1v) is 7.95. The Morgan fingerprint density at radius 2 is 2.10 bits per heavy atom. The van der Waals surface area contributed by atoms with Gasteiger partial charge in [0, 0.05) is 11.8 Å². The lowest BCUT2D eigenvalue weighted by Gasteiger charge is -2.07. The Morgan fingerprint density at radius 1 is 1.45 bits per heavy atom. The lowest BCUT2D eigenvalue weighted by molar-refractivity contribution is 0.599. The second kappa shape index (κ2) is 4.76. The second-order valence-corrected chi connectivity index (χ2v) is 6.52. The molecule has 2 aromatic rings. The van der Waals surface area contributed by atoms with Crippen LogP contribution in [-0.4, -0.2) is 29.3 Å². The molecule has 2 rings (SSSR count). The molecular formula is C12H15N5O2S. The molecule has 2 aromatic heterocycles. The van der Waals surface area contributed by atoms with Gasteiger partial charge in [0.1, 0.15) is 5.82 Å². The molecule has 0 fully saturated rings. The minimum absolute atomic E-state index is 0.0101. The van der Waals surface area contributed by atoms with Gasteiger partial charge in [0.05, 0.1) is 12.3 Å². The summed E-state index contributed by atoms with van der Waals surface area (Å²) < 4.78 is 24.9.